The van der Waals surface area contributed by atoms with Crippen LogP contribution in [0.2, 0.25) is 0 Å². The highest BCUT2D eigenvalue weighted by Gasteiger charge is 2.60. The Morgan fingerprint density at radius 3 is 2.00 bits per heavy atom. The summed E-state index contributed by atoms with van der Waals surface area (Å²) in [4.78, 5) is 28.0. The number of benzene rings is 1. The number of rotatable bonds is 11. The van der Waals surface area contributed by atoms with Crippen LogP contribution >= 0.6 is 11.6 Å². The minimum Gasteiger partial charge on any atom is -0.463 e. The summed E-state index contributed by atoms with van der Waals surface area (Å²) in [7, 11) is 0. The fourth-order valence-electron chi connectivity index (χ4n) is 6.83. The zero-order chi connectivity index (χ0) is 29.2. The molecule has 38 heavy (non-hydrogen) atoms. The lowest BCUT2D eigenvalue weighted by atomic mass is 9.45. The van der Waals surface area contributed by atoms with Crippen LogP contribution in [-0.4, -0.2) is 42.4 Å². The van der Waals surface area contributed by atoms with E-state index in [0.29, 0.717) is 25.3 Å². The van der Waals surface area contributed by atoms with Gasteiger partial charge >= 0.3 is 5.97 Å². The molecule has 0 saturated carbocycles. The number of carbonyl (C=O) groups is 2. The van der Waals surface area contributed by atoms with E-state index < -0.39 is 10.8 Å². The van der Waals surface area contributed by atoms with E-state index in [2.05, 4.69) is 106 Å². The Labute approximate surface area is 238 Å². The first-order valence-corrected chi connectivity index (χ1v) is 14.9. The number of alkyl halides is 1. The second-order valence-corrected chi connectivity index (χ2v) is 15.4. The van der Waals surface area contributed by atoms with E-state index in [1.165, 1.54) is 5.56 Å². The van der Waals surface area contributed by atoms with Gasteiger partial charge in [0.25, 0.3) is 0 Å². The van der Waals surface area contributed by atoms with Gasteiger partial charge in [0.2, 0.25) is 5.91 Å². The van der Waals surface area contributed by atoms with Crippen molar-refractivity contribution in [2.75, 3.05) is 25.6 Å². The molecule has 0 spiro atoms. The van der Waals surface area contributed by atoms with Crippen molar-refractivity contribution in [1.82, 2.24) is 4.90 Å². The van der Waals surface area contributed by atoms with Gasteiger partial charge in [-0.3, -0.25) is 9.59 Å². The van der Waals surface area contributed by atoms with Crippen LogP contribution in [-0.2, 0) is 14.3 Å². The maximum Gasteiger partial charge on any atom is 0.312 e. The summed E-state index contributed by atoms with van der Waals surface area (Å²) >= 11 is 6.89. The number of carbonyl (C=O) groups excluding carboxylic acids is 2. The number of likely N-dealkylation sites (tertiary alicyclic amines) is 1. The Morgan fingerprint density at radius 2 is 1.55 bits per heavy atom. The SMILES string of the molecule is CC(C)(C)CC(C)(C(=O)OCCN1CCCC1=O)C(C)(C)C(C)(C)C(CCl)C(c1ccccc1)C(C)(C)C. The van der Waals surface area contributed by atoms with Crippen LogP contribution in [0.1, 0.15) is 107 Å². The van der Waals surface area contributed by atoms with E-state index >= 15 is 0 Å². The number of amides is 1. The second kappa shape index (κ2) is 11.9. The first-order chi connectivity index (χ1) is 17.3. The topological polar surface area (TPSA) is 46.6 Å². The van der Waals surface area contributed by atoms with Crippen molar-refractivity contribution >= 4 is 23.5 Å². The monoisotopic (exact) mass is 547 g/mol. The molecule has 1 aliphatic rings. The minimum atomic E-state index is -0.771. The average Bonchev–Trinajstić information content (AvgIpc) is 3.19. The molecule has 0 N–H and O–H groups in total. The van der Waals surface area contributed by atoms with Gasteiger partial charge in [-0.25, -0.2) is 0 Å². The third kappa shape index (κ3) is 6.95. The summed E-state index contributed by atoms with van der Waals surface area (Å²) in [5.74, 6) is 0.768. The summed E-state index contributed by atoms with van der Waals surface area (Å²) in [5.41, 5.74) is -0.404. The van der Waals surface area contributed by atoms with Crippen LogP contribution in [0.4, 0.5) is 0 Å². The number of hydrogen-bond donors (Lipinski definition) is 0. The lowest BCUT2D eigenvalue weighted by molar-refractivity contribution is -0.178. The first kappa shape index (κ1) is 32.7. The van der Waals surface area contributed by atoms with Crippen LogP contribution in [0.5, 0.6) is 0 Å². The Morgan fingerprint density at radius 1 is 0.974 bits per heavy atom. The van der Waals surface area contributed by atoms with Crippen molar-refractivity contribution in [1.29, 1.82) is 0 Å². The molecule has 4 nitrogen and oxygen atoms in total. The van der Waals surface area contributed by atoms with Gasteiger partial charge in [-0.15, -0.1) is 11.6 Å². The van der Waals surface area contributed by atoms with Crippen LogP contribution in [0.15, 0.2) is 30.3 Å². The highest BCUT2D eigenvalue weighted by molar-refractivity contribution is 6.18. The molecule has 1 fully saturated rings. The number of esters is 1. The zero-order valence-corrected chi connectivity index (χ0v) is 26.8. The lowest BCUT2D eigenvalue weighted by Crippen LogP contribution is -2.56. The Kier molecular flexibility index (Phi) is 10.2. The zero-order valence-electron chi connectivity index (χ0n) is 26.0. The maximum absolute atomic E-state index is 14.1. The predicted molar refractivity (Wildman–Crippen MR) is 159 cm³/mol. The predicted octanol–water partition coefficient (Wildman–Crippen LogP) is 8.33. The molecule has 1 saturated heterocycles. The van der Waals surface area contributed by atoms with Crippen LogP contribution in [0.25, 0.3) is 0 Å². The van der Waals surface area contributed by atoms with Crippen molar-refractivity contribution in [3.63, 3.8) is 0 Å². The summed E-state index contributed by atoms with van der Waals surface area (Å²) < 4.78 is 6.00. The summed E-state index contributed by atoms with van der Waals surface area (Å²) in [6, 6.07) is 10.7. The van der Waals surface area contributed by atoms with Gasteiger partial charge in [-0.05, 0) is 58.8 Å². The molecule has 1 aliphatic heterocycles. The van der Waals surface area contributed by atoms with Gasteiger partial charge in [-0.1, -0.05) is 99.6 Å². The normalized spacial score (nSPS) is 18.7. The quantitative estimate of drug-likeness (QED) is 0.206. The van der Waals surface area contributed by atoms with Gasteiger partial charge in [0.1, 0.15) is 6.61 Å². The van der Waals surface area contributed by atoms with Crippen LogP contribution in [0.3, 0.4) is 0 Å². The maximum atomic E-state index is 14.1. The molecular weight excluding hydrogens is 494 g/mol. The average molecular weight is 548 g/mol. The van der Waals surface area contributed by atoms with Crippen LogP contribution in [0, 0.1) is 33.0 Å². The van der Waals surface area contributed by atoms with E-state index in [4.69, 9.17) is 16.3 Å². The number of ether oxygens (including phenoxy) is 1. The molecule has 0 bridgehead atoms. The van der Waals surface area contributed by atoms with E-state index in [1.54, 1.807) is 4.90 Å². The Bertz CT molecular complexity index is 941. The van der Waals surface area contributed by atoms with E-state index in [9.17, 15) is 9.59 Å². The lowest BCUT2D eigenvalue weighted by Gasteiger charge is -2.58. The van der Waals surface area contributed by atoms with Gasteiger partial charge in [0.15, 0.2) is 0 Å². The van der Waals surface area contributed by atoms with Crippen molar-refractivity contribution in [3.05, 3.63) is 35.9 Å². The molecule has 0 radical (unpaired) electrons. The standard InChI is InChI=1S/C33H54ClNO3/c1-29(2,3)23-33(11,28(37)38-21-20-35-19-15-18-26(35)36)32(9,10)31(7,8)25(22-34)27(30(4,5)6)24-16-13-12-14-17-24/h12-14,16-17,25,27H,15,18-23H2,1-11H3. The molecule has 216 valence electrons. The number of nitrogens with zero attached hydrogens (tertiary/aromatic N) is 1. The Hall–Kier alpha value is -1.55. The van der Waals surface area contributed by atoms with E-state index in [0.717, 1.165) is 13.0 Å². The van der Waals surface area contributed by atoms with E-state index in [-0.39, 0.29) is 46.6 Å². The van der Waals surface area contributed by atoms with Gasteiger partial charge in [-0.2, -0.15) is 0 Å². The number of halogens is 1. The van der Waals surface area contributed by atoms with Gasteiger partial charge < -0.3 is 9.64 Å². The fourth-order valence-corrected chi connectivity index (χ4v) is 7.39. The van der Waals surface area contributed by atoms with Crippen molar-refractivity contribution in [3.8, 4) is 0 Å². The largest absolute Gasteiger partial charge is 0.463 e. The Balaban J connectivity index is 2.49. The second-order valence-electron chi connectivity index (χ2n) is 15.1. The van der Waals surface area contributed by atoms with Gasteiger partial charge in [0, 0.05) is 18.8 Å². The highest BCUT2D eigenvalue weighted by Crippen LogP contribution is 2.62. The molecule has 1 aromatic carbocycles. The van der Waals surface area contributed by atoms with Gasteiger partial charge in [0.05, 0.1) is 12.0 Å². The minimum absolute atomic E-state index is 0.0303. The molecule has 1 aromatic rings. The molecule has 1 amide bonds. The summed E-state index contributed by atoms with van der Waals surface area (Å²) in [6.07, 6.45) is 2.15. The number of hydrogen-bond acceptors (Lipinski definition) is 3. The molecule has 0 aromatic heterocycles. The molecule has 3 unspecified atom stereocenters. The smallest absolute Gasteiger partial charge is 0.312 e. The summed E-state index contributed by atoms with van der Waals surface area (Å²) in [6.45, 7) is 26.0. The molecular formula is C33H54ClNO3. The van der Waals surface area contributed by atoms with Crippen LogP contribution < -0.4 is 0 Å². The van der Waals surface area contributed by atoms with Crippen molar-refractivity contribution < 1.29 is 14.3 Å². The fraction of sp³-hybridized carbons (Fsp3) is 0.758. The van der Waals surface area contributed by atoms with Crippen molar-refractivity contribution in [2.24, 2.45) is 33.0 Å². The highest BCUT2D eigenvalue weighted by atomic mass is 35.5. The molecule has 3 atom stereocenters. The third-order valence-corrected chi connectivity index (χ3v) is 10.0. The molecule has 5 heteroatoms. The van der Waals surface area contributed by atoms with Crippen molar-refractivity contribution in [2.45, 2.75) is 101 Å². The first-order valence-electron chi connectivity index (χ1n) is 14.4. The van der Waals surface area contributed by atoms with E-state index in [1.807, 2.05) is 0 Å². The summed E-state index contributed by atoms with van der Waals surface area (Å²) in [5, 5.41) is 0. The third-order valence-electron chi connectivity index (χ3n) is 9.68. The molecule has 0 aliphatic carbocycles. The molecule has 2 rings (SSSR count). The molecule has 1 heterocycles.